The van der Waals surface area contributed by atoms with E-state index in [1.807, 2.05) is 0 Å². The van der Waals surface area contributed by atoms with Crippen LogP contribution in [0.15, 0.2) is 12.4 Å². The summed E-state index contributed by atoms with van der Waals surface area (Å²) in [6.45, 7) is 2.72. The van der Waals surface area contributed by atoms with E-state index >= 15 is 0 Å². The number of ether oxygens (including phenoxy) is 1. The van der Waals surface area contributed by atoms with E-state index in [2.05, 4.69) is 14.9 Å². The first-order valence-electron chi connectivity index (χ1n) is 5.49. The molecule has 0 aromatic carbocycles. The van der Waals surface area contributed by atoms with Crippen LogP contribution >= 0.6 is 0 Å². The standard InChI is InChI=1S/C11H17N3O2/c1-16-8-9-2-3-14(6-9)11-5-12-10(7-15)4-13-11/h4-5,9,15H,2-3,6-8H2,1H3. The highest BCUT2D eigenvalue weighted by molar-refractivity contribution is 5.37. The van der Waals surface area contributed by atoms with E-state index in [1.165, 1.54) is 0 Å². The number of rotatable bonds is 4. The Bertz CT molecular complexity index is 329. The average Bonchev–Trinajstić information content (AvgIpc) is 2.78. The second-order valence-electron chi connectivity index (χ2n) is 4.08. The summed E-state index contributed by atoms with van der Waals surface area (Å²) < 4.78 is 5.15. The van der Waals surface area contributed by atoms with Gasteiger partial charge in [0.1, 0.15) is 5.82 Å². The second kappa shape index (κ2) is 5.23. The lowest BCUT2D eigenvalue weighted by molar-refractivity contribution is 0.161. The van der Waals surface area contributed by atoms with Crippen molar-refractivity contribution in [1.29, 1.82) is 0 Å². The first-order chi connectivity index (χ1) is 7.83. The van der Waals surface area contributed by atoms with Crippen LogP contribution in [-0.2, 0) is 11.3 Å². The fourth-order valence-corrected chi connectivity index (χ4v) is 2.01. The highest BCUT2D eigenvalue weighted by Gasteiger charge is 2.23. The van der Waals surface area contributed by atoms with Crippen molar-refractivity contribution in [3.63, 3.8) is 0 Å². The molecule has 0 amide bonds. The molecular weight excluding hydrogens is 206 g/mol. The number of aromatic nitrogens is 2. The molecule has 1 aliphatic heterocycles. The fourth-order valence-electron chi connectivity index (χ4n) is 2.01. The number of aliphatic hydroxyl groups is 1. The molecule has 0 bridgehead atoms. The molecule has 0 aliphatic carbocycles. The van der Waals surface area contributed by atoms with Gasteiger partial charge >= 0.3 is 0 Å². The van der Waals surface area contributed by atoms with Crippen molar-refractivity contribution in [3.05, 3.63) is 18.1 Å². The zero-order valence-electron chi connectivity index (χ0n) is 9.46. The van der Waals surface area contributed by atoms with Gasteiger partial charge in [0.15, 0.2) is 0 Å². The lowest BCUT2D eigenvalue weighted by atomic mass is 10.1. The molecular formula is C11H17N3O2. The van der Waals surface area contributed by atoms with Gasteiger partial charge < -0.3 is 14.7 Å². The van der Waals surface area contributed by atoms with Crippen LogP contribution < -0.4 is 4.90 Å². The van der Waals surface area contributed by atoms with Crippen LogP contribution in [0.3, 0.4) is 0 Å². The summed E-state index contributed by atoms with van der Waals surface area (Å²) in [5.74, 6) is 1.47. The minimum atomic E-state index is -0.0560. The van der Waals surface area contributed by atoms with Gasteiger partial charge in [0.2, 0.25) is 0 Å². The molecule has 1 fully saturated rings. The zero-order valence-corrected chi connectivity index (χ0v) is 9.46. The first-order valence-corrected chi connectivity index (χ1v) is 5.49. The molecule has 1 aliphatic rings. The third-order valence-corrected chi connectivity index (χ3v) is 2.87. The summed E-state index contributed by atoms with van der Waals surface area (Å²) in [5.41, 5.74) is 0.608. The number of hydrogen-bond donors (Lipinski definition) is 1. The van der Waals surface area contributed by atoms with Crippen LogP contribution in [0.5, 0.6) is 0 Å². The largest absolute Gasteiger partial charge is 0.390 e. The van der Waals surface area contributed by atoms with Crippen LogP contribution in [-0.4, -0.2) is 41.9 Å². The molecule has 1 N–H and O–H groups in total. The highest BCUT2D eigenvalue weighted by atomic mass is 16.5. The topological polar surface area (TPSA) is 58.5 Å². The molecule has 2 rings (SSSR count). The fraction of sp³-hybridized carbons (Fsp3) is 0.636. The van der Waals surface area contributed by atoms with E-state index in [0.717, 1.165) is 31.9 Å². The van der Waals surface area contributed by atoms with Crippen LogP contribution in [0.4, 0.5) is 5.82 Å². The van der Waals surface area contributed by atoms with Crippen LogP contribution in [0.25, 0.3) is 0 Å². The third kappa shape index (κ3) is 2.48. The number of nitrogens with zero attached hydrogens (tertiary/aromatic N) is 3. The van der Waals surface area contributed by atoms with E-state index < -0.39 is 0 Å². The average molecular weight is 223 g/mol. The Morgan fingerprint density at radius 2 is 2.38 bits per heavy atom. The molecule has 1 saturated heterocycles. The van der Waals surface area contributed by atoms with Gasteiger partial charge in [-0.1, -0.05) is 0 Å². The SMILES string of the molecule is COCC1CCN(c2cnc(CO)cn2)C1. The summed E-state index contributed by atoms with van der Waals surface area (Å²) in [5, 5.41) is 8.87. The minimum absolute atomic E-state index is 0.0560. The summed E-state index contributed by atoms with van der Waals surface area (Å²) in [4.78, 5) is 10.6. The van der Waals surface area contributed by atoms with Crippen LogP contribution in [0.1, 0.15) is 12.1 Å². The Balaban J connectivity index is 1.97. The van der Waals surface area contributed by atoms with Gasteiger partial charge in [0, 0.05) is 26.1 Å². The van der Waals surface area contributed by atoms with Gasteiger partial charge in [-0.15, -0.1) is 0 Å². The molecule has 16 heavy (non-hydrogen) atoms. The maximum Gasteiger partial charge on any atom is 0.147 e. The van der Waals surface area contributed by atoms with E-state index in [1.54, 1.807) is 19.5 Å². The van der Waals surface area contributed by atoms with Crippen molar-refractivity contribution in [3.8, 4) is 0 Å². The smallest absolute Gasteiger partial charge is 0.147 e. The predicted molar refractivity (Wildman–Crippen MR) is 60.2 cm³/mol. The van der Waals surface area contributed by atoms with Gasteiger partial charge in [0.05, 0.1) is 31.3 Å². The van der Waals surface area contributed by atoms with Crippen molar-refractivity contribution in [2.24, 2.45) is 5.92 Å². The van der Waals surface area contributed by atoms with Gasteiger partial charge in [0.25, 0.3) is 0 Å². The molecule has 1 aromatic rings. The Labute approximate surface area is 95.1 Å². The number of methoxy groups -OCH3 is 1. The number of anilines is 1. The van der Waals surface area contributed by atoms with Crippen molar-refractivity contribution in [1.82, 2.24) is 9.97 Å². The van der Waals surface area contributed by atoms with Crippen LogP contribution in [0.2, 0.25) is 0 Å². The number of hydrogen-bond acceptors (Lipinski definition) is 5. The highest BCUT2D eigenvalue weighted by Crippen LogP contribution is 2.21. The third-order valence-electron chi connectivity index (χ3n) is 2.87. The Morgan fingerprint density at radius 3 is 3.00 bits per heavy atom. The predicted octanol–water partition coefficient (Wildman–Crippen LogP) is 0.442. The van der Waals surface area contributed by atoms with Crippen molar-refractivity contribution in [2.45, 2.75) is 13.0 Å². The van der Waals surface area contributed by atoms with E-state index in [0.29, 0.717) is 11.6 Å². The molecule has 0 spiro atoms. The van der Waals surface area contributed by atoms with Crippen molar-refractivity contribution in [2.75, 3.05) is 31.7 Å². The zero-order chi connectivity index (χ0) is 11.4. The lowest BCUT2D eigenvalue weighted by Crippen LogP contribution is -2.22. The van der Waals surface area contributed by atoms with Gasteiger partial charge in [-0.2, -0.15) is 0 Å². The molecule has 1 aromatic heterocycles. The van der Waals surface area contributed by atoms with Crippen LogP contribution in [0, 0.1) is 5.92 Å². The molecule has 5 nitrogen and oxygen atoms in total. The molecule has 1 atom stereocenters. The summed E-state index contributed by atoms with van der Waals surface area (Å²) >= 11 is 0. The molecule has 1 unspecified atom stereocenters. The van der Waals surface area contributed by atoms with E-state index in [4.69, 9.17) is 9.84 Å². The summed E-state index contributed by atoms with van der Waals surface area (Å²) in [6.07, 6.45) is 4.48. The lowest BCUT2D eigenvalue weighted by Gasteiger charge is -2.16. The summed E-state index contributed by atoms with van der Waals surface area (Å²) in [6, 6.07) is 0. The van der Waals surface area contributed by atoms with Gasteiger partial charge in [-0.25, -0.2) is 4.98 Å². The first kappa shape index (κ1) is 11.3. The maximum atomic E-state index is 8.87. The van der Waals surface area contributed by atoms with Gasteiger partial charge in [-0.3, -0.25) is 4.98 Å². The molecule has 0 radical (unpaired) electrons. The van der Waals surface area contributed by atoms with Gasteiger partial charge in [-0.05, 0) is 6.42 Å². The van der Waals surface area contributed by atoms with Crippen molar-refractivity contribution < 1.29 is 9.84 Å². The van der Waals surface area contributed by atoms with E-state index in [9.17, 15) is 0 Å². The van der Waals surface area contributed by atoms with E-state index in [-0.39, 0.29) is 6.61 Å². The normalized spacial score (nSPS) is 20.4. The second-order valence-corrected chi connectivity index (χ2v) is 4.08. The maximum absolute atomic E-state index is 8.87. The monoisotopic (exact) mass is 223 g/mol. The Hall–Kier alpha value is -1.20. The van der Waals surface area contributed by atoms with Crippen molar-refractivity contribution >= 4 is 5.82 Å². The minimum Gasteiger partial charge on any atom is -0.390 e. The molecule has 2 heterocycles. The number of aliphatic hydroxyl groups excluding tert-OH is 1. The quantitative estimate of drug-likeness (QED) is 0.802. The molecule has 0 saturated carbocycles. The molecule has 5 heteroatoms. The molecule has 88 valence electrons. The Kier molecular flexibility index (Phi) is 3.69. The summed E-state index contributed by atoms with van der Waals surface area (Å²) in [7, 11) is 1.73. The Morgan fingerprint density at radius 1 is 1.50 bits per heavy atom.